The molecule has 0 unspecified atom stereocenters. The van der Waals surface area contributed by atoms with E-state index >= 15 is 0 Å². The fraction of sp³-hybridized carbons (Fsp3) is 0.333. The van der Waals surface area contributed by atoms with Gasteiger partial charge in [0.15, 0.2) is 0 Å². The summed E-state index contributed by atoms with van der Waals surface area (Å²) in [5.41, 5.74) is 0.766. The van der Waals surface area contributed by atoms with E-state index in [9.17, 15) is 4.79 Å². The highest BCUT2D eigenvalue weighted by Gasteiger charge is 2.12. The Hall–Kier alpha value is -2.14. The van der Waals surface area contributed by atoms with Crippen LogP contribution in [0.2, 0.25) is 0 Å². The minimum atomic E-state index is -0.186. The number of aromatic nitrogens is 2. The van der Waals surface area contributed by atoms with Gasteiger partial charge in [-0.1, -0.05) is 12.0 Å². The van der Waals surface area contributed by atoms with Crippen LogP contribution in [0.25, 0.3) is 10.6 Å². The average molecular weight is 319 g/mol. The number of amides is 1. The predicted molar refractivity (Wildman–Crippen MR) is 85.5 cm³/mol. The van der Waals surface area contributed by atoms with Gasteiger partial charge in [-0.25, -0.2) is 4.68 Å². The molecule has 0 saturated carbocycles. The third-order valence-corrected chi connectivity index (χ3v) is 3.68. The lowest BCUT2D eigenvalue weighted by molar-refractivity contribution is -0.117. The van der Waals surface area contributed by atoms with Gasteiger partial charge in [-0.15, -0.1) is 17.8 Å². The molecule has 2 aromatic heterocycles. The molecule has 0 spiro atoms. The maximum atomic E-state index is 11.9. The van der Waals surface area contributed by atoms with Crippen LogP contribution in [0.1, 0.15) is 6.42 Å². The van der Waals surface area contributed by atoms with Crippen molar-refractivity contribution < 1.29 is 14.6 Å². The van der Waals surface area contributed by atoms with Crippen molar-refractivity contribution in [3.63, 3.8) is 0 Å². The Morgan fingerprint density at radius 1 is 1.59 bits per heavy atom. The molecule has 2 aromatic rings. The Morgan fingerprint density at radius 3 is 3.14 bits per heavy atom. The van der Waals surface area contributed by atoms with E-state index in [4.69, 9.17) is 16.3 Å². The van der Waals surface area contributed by atoms with Gasteiger partial charge in [0.2, 0.25) is 5.91 Å². The zero-order valence-corrected chi connectivity index (χ0v) is 12.8. The van der Waals surface area contributed by atoms with E-state index in [1.807, 2.05) is 17.5 Å². The molecule has 6 nitrogen and oxygen atoms in total. The summed E-state index contributed by atoms with van der Waals surface area (Å²) in [7, 11) is 0. The Morgan fingerprint density at radius 2 is 2.45 bits per heavy atom. The van der Waals surface area contributed by atoms with Crippen molar-refractivity contribution in [2.24, 2.45) is 0 Å². The molecular weight excluding hydrogens is 302 g/mol. The summed E-state index contributed by atoms with van der Waals surface area (Å²) < 4.78 is 6.65. The van der Waals surface area contributed by atoms with Crippen LogP contribution in [0.4, 0.5) is 5.82 Å². The number of carbonyl (C=O) groups is 1. The largest absolute Gasteiger partial charge is 0.394 e. The van der Waals surface area contributed by atoms with E-state index in [2.05, 4.69) is 16.3 Å². The van der Waals surface area contributed by atoms with Crippen LogP contribution in [0.3, 0.4) is 0 Å². The Labute approximate surface area is 132 Å². The number of nitrogens with zero attached hydrogens (tertiary/aromatic N) is 2. The molecule has 2 rings (SSSR count). The monoisotopic (exact) mass is 319 g/mol. The molecule has 2 N–H and O–H groups in total. The lowest BCUT2D eigenvalue weighted by atomic mass is 10.3. The van der Waals surface area contributed by atoms with E-state index in [0.29, 0.717) is 12.4 Å². The summed E-state index contributed by atoms with van der Waals surface area (Å²) in [6.45, 7) is 0.717. The molecule has 2 heterocycles. The number of aliphatic hydroxyl groups is 1. The summed E-state index contributed by atoms with van der Waals surface area (Å²) in [6.07, 6.45) is 5.27. The number of hydrogen-bond acceptors (Lipinski definition) is 5. The zero-order chi connectivity index (χ0) is 15.8. The lowest BCUT2D eigenvalue weighted by Gasteiger charge is -2.07. The van der Waals surface area contributed by atoms with E-state index in [1.165, 1.54) is 0 Å². The third kappa shape index (κ3) is 4.43. The van der Waals surface area contributed by atoms with E-state index < -0.39 is 0 Å². The van der Waals surface area contributed by atoms with Crippen molar-refractivity contribution in [2.75, 3.05) is 25.1 Å². The molecule has 0 aromatic carbocycles. The quantitative estimate of drug-likeness (QED) is 0.572. The minimum absolute atomic E-state index is 0.0558. The normalized spacial score (nSPS) is 10.4. The Kier molecular flexibility index (Phi) is 6.15. The maximum Gasteiger partial charge on any atom is 0.227 e. The first-order chi connectivity index (χ1) is 10.7. The Balaban J connectivity index is 2.02. The summed E-state index contributed by atoms with van der Waals surface area (Å²) in [6, 6.07) is 5.68. The molecule has 116 valence electrons. The van der Waals surface area contributed by atoms with E-state index in [0.717, 1.165) is 10.6 Å². The van der Waals surface area contributed by atoms with Gasteiger partial charge < -0.3 is 15.2 Å². The number of hydrogen-bond donors (Lipinski definition) is 2. The fourth-order valence-electron chi connectivity index (χ4n) is 1.83. The first kappa shape index (κ1) is 16.2. The molecule has 0 aliphatic rings. The number of aliphatic hydroxyl groups excluding tert-OH is 1. The van der Waals surface area contributed by atoms with Gasteiger partial charge in [-0.05, 0) is 11.4 Å². The second kappa shape index (κ2) is 8.34. The highest BCUT2D eigenvalue weighted by atomic mass is 32.1. The maximum absolute atomic E-state index is 11.9. The summed E-state index contributed by atoms with van der Waals surface area (Å²) >= 11 is 1.56. The van der Waals surface area contributed by atoms with Crippen molar-refractivity contribution >= 4 is 23.1 Å². The average Bonchev–Trinajstić information content (AvgIpc) is 3.14. The van der Waals surface area contributed by atoms with Gasteiger partial charge in [-0.3, -0.25) is 4.79 Å². The van der Waals surface area contributed by atoms with Crippen molar-refractivity contribution in [1.82, 2.24) is 9.78 Å². The van der Waals surface area contributed by atoms with Crippen LogP contribution < -0.4 is 5.32 Å². The zero-order valence-electron chi connectivity index (χ0n) is 12.0. The van der Waals surface area contributed by atoms with Crippen LogP contribution in [0.5, 0.6) is 0 Å². The van der Waals surface area contributed by atoms with E-state index in [-0.39, 0.29) is 32.1 Å². The molecule has 0 atom stereocenters. The number of terminal acetylenes is 1. The predicted octanol–water partition coefficient (Wildman–Crippen LogP) is 1.58. The second-order valence-electron chi connectivity index (χ2n) is 4.39. The minimum Gasteiger partial charge on any atom is -0.394 e. The summed E-state index contributed by atoms with van der Waals surface area (Å²) in [5, 5.41) is 18.2. The summed E-state index contributed by atoms with van der Waals surface area (Å²) in [5.74, 6) is 2.71. The first-order valence-electron chi connectivity index (χ1n) is 6.78. The molecular formula is C15H17N3O3S. The van der Waals surface area contributed by atoms with Crippen LogP contribution in [-0.2, 0) is 16.1 Å². The molecule has 0 aliphatic carbocycles. The molecule has 7 heteroatoms. The smallest absolute Gasteiger partial charge is 0.227 e. The molecule has 0 aliphatic heterocycles. The molecule has 22 heavy (non-hydrogen) atoms. The summed E-state index contributed by atoms with van der Waals surface area (Å²) in [4.78, 5) is 12.9. The first-order valence-corrected chi connectivity index (χ1v) is 7.66. The van der Waals surface area contributed by atoms with Crippen molar-refractivity contribution in [1.29, 1.82) is 0 Å². The SMILES string of the molecule is C#CCOCCC(=O)Nc1cc(-c2cccs2)nn1CCO. The third-order valence-electron chi connectivity index (χ3n) is 2.79. The molecule has 0 bridgehead atoms. The standard InChI is InChI=1S/C15H17N3O3S/c1-2-8-21-9-5-15(20)16-14-11-12(13-4-3-10-22-13)17-18(14)6-7-19/h1,3-4,10-11,19H,5-9H2,(H,16,20). The molecule has 0 fully saturated rings. The van der Waals surface area contributed by atoms with Crippen LogP contribution >= 0.6 is 11.3 Å². The van der Waals surface area contributed by atoms with Crippen LogP contribution in [0.15, 0.2) is 23.6 Å². The number of thiophene rings is 1. The van der Waals surface area contributed by atoms with Gasteiger partial charge in [0.05, 0.1) is 31.1 Å². The molecule has 0 saturated heterocycles. The number of rotatable bonds is 8. The molecule has 0 radical (unpaired) electrons. The molecule has 1 amide bonds. The van der Waals surface area contributed by atoms with Crippen LogP contribution in [-0.4, -0.2) is 40.6 Å². The van der Waals surface area contributed by atoms with Gasteiger partial charge >= 0.3 is 0 Å². The van der Waals surface area contributed by atoms with Crippen LogP contribution in [0, 0.1) is 12.3 Å². The van der Waals surface area contributed by atoms with Gasteiger partial charge in [0, 0.05) is 6.07 Å². The lowest BCUT2D eigenvalue weighted by Crippen LogP contribution is -2.18. The highest BCUT2D eigenvalue weighted by Crippen LogP contribution is 2.26. The van der Waals surface area contributed by atoms with Gasteiger partial charge in [0.25, 0.3) is 0 Å². The fourth-order valence-corrected chi connectivity index (χ4v) is 2.51. The van der Waals surface area contributed by atoms with Crippen molar-refractivity contribution in [3.8, 4) is 22.9 Å². The van der Waals surface area contributed by atoms with E-state index in [1.54, 1.807) is 22.1 Å². The van der Waals surface area contributed by atoms with Gasteiger partial charge in [-0.2, -0.15) is 5.10 Å². The Bertz CT molecular complexity index is 644. The van der Waals surface area contributed by atoms with Crippen molar-refractivity contribution in [2.45, 2.75) is 13.0 Å². The number of carbonyl (C=O) groups excluding carboxylic acids is 1. The van der Waals surface area contributed by atoms with Crippen molar-refractivity contribution in [3.05, 3.63) is 23.6 Å². The highest BCUT2D eigenvalue weighted by molar-refractivity contribution is 7.13. The van der Waals surface area contributed by atoms with Gasteiger partial charge in [0.1, 0.15) is 18.1 Å². The number of ether oxygens (including phenoxy) is 1. The number of nitrogens with one attached hydrogen (secondary N) is 1. The topological polar surface area (TPSA) is 76.4 Å². The number of anilines is 1. The second-order valence-corrected chi connectivity index (χ2v) is 5.34.